The van der Waals surface area contributed by atoms with E-state index in [1.54, 1.807) is 18.2 Å². The van der Waals surface area contributed by atoms with Crippen LogP contribution in [0.4, 0.5) is 4.39 Å². The van der Waals surface area contributed by atoms with E-state index in [0.29, 0.717) is 25.7 Å². The first kappa shape index (κ1) is 13.3. The summed E-state index contributed by atoms with van der Waals surface area (Å²) in [4.78, 5) is 0. The van der Waals surface area contributed by atoms with E-state index in [9.17, 15) is 12.8 Å². The van der Waals surface area contributed by atoms with E-state index in [-0.39, 0.29) is 5.75 Å². The zero-order valence-electron chi connectivity index (χ0n) is 9.79. The van der Waals surface area contributed by atoms with E-state index in [2.05, 4.69) is 0 Å². The van der Waals surface area contributed by atoms with Gasteiger partial charge in [-0.15, -0.1) is 0 Å². The van der Waals surface area contributed by atoms with Crippen LogP contribution in [0.1, 0.15) is 25.7 Å². The average molecular weight is 274 g/mol. The highest BCUT2D eigenvalue weighted by molar-refractivity contribution is 7.82. The molecule has 1 aromatic carbocycles. The molecule has 0 saturated heterocycles. The summed E-state index contributed by atoms with van der Waals surface area (Å²) >= 11 is 0. The van der Waals surface area contributed by atoms with Crippen LogP contribution in [0.15, 0.2) is 30.3 Å². The summed E-state index contributed by atoms with van der Waals surface area (Å²) in [6.07, 6.45) is 0.155. The molecular weight excluding hydrogens is 259 g/mol. The molecule has 6 heteroatoms. The van der Waals surface area contributed by atoms with Crippen molar-refractivity contribution in [1.82, 2.24) is 0 Å². The lowest BCUT2D eigenvalue weighted by molar-refractivity contribution is 0.108. The molecule has 0 aliphatic heterocycles. The maximum atomic E-state index is 12.9. The number of hydrogen-bond donors (Lipinski definition) is 0. The summed E-state index contributed by atoms with van der Waals surface area (Å²) in [5.74, 6) is 0.205. The molecule has 1 aromatic rings. The van der Waals surface area contributed by atoms with Crippen LogP contribution in [-0.2, 0) is 14.6 Å². The first-order chi connectivity index (χ1) is 8.55. The Hall–Kier alpha value is -1.14. The number of benzene rings is 1. The Kier molecular flexibility index (Phi) is 4.19. The Labute approximate surface area is 106 Å². The van der Waals surface area contributed by atoms with Gasteiger partial charge in [0, 0.05) is 0 Å². The van der Waals surface area contributed by atoms with Gasteiger partial charge in [0.25, 0.3) is 0 Å². The molecule has 1 aliphatic carbocycles. The van der Waals surface area contributed by atoms with E-state index < -0.39 is 22.7 Å². The Bertz CT molecular complexity index is 466. The van der Waals surface area contributed by atoms with Crippen LogP contribution in [0.5, 0.6) is 5.75 Å². The molecule has 0 spiro atoms. The van der Waals surface area contributed by atoms with Crippen molar-refractivity contribution in [2.45, 2.75) is 38.0 Å². The van der Waals surface area contributed by atoms with Crippen LogP contribution in [0.2, 0.25) is 0 Å². The monoisotopic (exact) mass is 274 g/mol. The molecule has 0 aromatic heterocycles. The summed E-state index contributed by atoms with van der Waals surface area (Å²) in [5.41, 5.74) is 0. The van der Waals surface area contributed by atoms with E-state index >= 15 is 0 Å². The van der Waals surface area contributed by atoms with Crippen LogP contribution in [0, 0.1) is 0 Å². The molecule has 2 rings (SSSR count). The lowest BCUT2D eigenvalue weighted by atomic mass is 9.96. The fraction of sp³-hybridized carbons (Fsp3) is 0.500. The van der Waals surface area contributed by atoms with Crippen molar-refractivity contribution in [2.24, 2.45) is 0 Å². The van der Waals surface area contributed by atoms with Crippen LogP contribution >= 0.6 is 0 Å². The van der Waals surface area contributed by atoms with Gasteiger partial charge in [0.1, 0.15) is 11.9 Å². The fourth-order valence-corrected chi connectivity index (χ4v) is 2.81. The SMILES string of the molecule is O=S(=O)(Oc1ccccc1)OC1CCC(F)CC1. The number of para-hydroxylation sites is 1. The van der Waals surface area contributed by atoms with Gasteiger partial charge in [-0.1, -0.05) is 18.2 Å². The number of halogens is 1. The van der Waals surface area contributed by atoms with Gasteiger partial charge >= 0.3 is 10.4 Å². The first-order valence-corrected chi connectivity index (χ1v) is 7.20. The number of hydrogen-bond acceptors (Lipinski definition) is 4. The van der Waals surface area contributed by atoms with Gasteiger partial charge in [0.2, 0.25) is 0 Å². The maximum Gasteiger partial charge on any atom is 0.449 e. The summed E-state index contributed by atoms with van der Waals surface area (Å²) in [5, 5.41) is 0. The highest BCUT2D eigenvalue weighted by Crippen LogP contribution is 2.25. The quantitative estimate of drug-likeness (QED) is 0.847. The van der Waals surface area contributed by atoms with E-state index in [1.807, 2.05) is 0 Å². The van der Waals surface area contributed by atoms with Crippen LogP contribution in [0.25, 0.3) is 0 Å². The van der Waals surface area contributed by atoms with E-state index in [1.165, 1.54) is 12.1 Å². The topological polar surface area (TPSA) is 52.6 Å². The third-order valence-electron chi connectivity index (χ3n) is 2.80. The highest BCUT2D eigenvalue weighted by Gasteiger charge is 2.27. The Balaban J connectivity index is 1.92. The van der Waals surface area contributed by atoms with E-state index in [4.69, 9.17) is 8.37 Å². The lowest BCUT2D eigenvalue weighted by Crippen LogP contribution is -2.27. The summed E-state index contributed by atoms with van der Waals surface area (Å²) in [6.45, 7) is 0. The minimum absolute atomic E-state index is 0.205. The predicted molar refractivity (Wildman–Crippen MR) is 64.2 cm³/mol. The van der Waals surface area contributed by atoms with Crippen LogP contribution in [-0.4, -0.2) is 20.7 Å². The predicted octanol–water partition coefficient (Wildman–Crippen LogP) is 2.61. The van der Waals surface area contributed by atoms with Crippen molar-refractivity contribution in [3.05, 3.63) is 30.3 Å². The minimum atomic E-state index is -4.07. The summed E-state index contributed by atoms with van der Waals surface area (Å²) < 4.78 is 45.8. The molecule has 0 atom stereocenters. The van der Waals surface area contributed by atoms with Gasteiger partial charge in [-0.2, -0.15) is 8.42 Å². The van der Waals surface area contributed by atoms with Gasteiger partial charge in [0.15, 0.2) is 0 Å². The van der Waals surface area contributed by atoms with Crippen molar-refractivity contribution >= 4 is 10.4 Å². The molecule has 1 saturated carbocycles. The average Bonchev–Trinajstić information content (AvgIpc) is 2.32. The normalized spacial score (nSPS) is 24.7. The molecule has 1 aliphatic rings. The Morgan fingerprint density at radius 3 is 2.28 bits per heavy atom. The van der Waals surface area contributed by atoms with Crippen LogP contribution in [0.3, 0.4) is 0 Å². The van der Waals surface area contributed by atoms with Crippen molar-refractivity contribution in [3.63, 3.8) is 0 Å². The molecule has 0 N–H and O–H groups in total. The third-order valence-corrected chi connectivity index (χ3v) is 3.70. The molecule has 0 heterocycles. The van der Waals surface area contributed by atoms with Gasteiger partial charge in [-0.25, -0.2) is 8.57 Å². The smallest absolute Gasteiger partial charge is 0.362 e. The van der Waals surface area contributed by atoms with Gasteiger partial charge < -0.3 is 4.18 Å². The van der Waals surface area contributed by atoms with Gasteiger partial charge in [-0.05, 0) is 37.8 Å². The lowest BCUT2D eigenvalue weighted by Gasteiger charge is -2.23. The molecule has 18 heavy (non-hydrogen) atoms. The molecule has 1 fully saturated rings. The van der Waals surface area contributed by atoms with Crippen LogP contribution < -0.4 is 4.18 Å². The standard InChI is InChI=1S/C12H15FO4S/c13-10-6-8-12(9-7-10)17-18(14,15)16-11-4-2-1-3-5-11/h1-5,10,12H,6-9H2. The van der Waals surface area contributed by atoms with Crippen molar-refractivity contribution in [3.8, 4) is 5.75 Å². The van der Waals surface area contributed by atoms with Crippen molar-refractivity contribution in [2.75, 3.05) is 0 Å². The largest absolute Gasteiger partial charge is 0.449 e. The zero-order chi connectivity index (χ0) is 13.0. The van der Waals surface area contributed by atoms with E-state index in [0.717, 1.165) is 0 Å². The van der Waals surface area contributed by atoms with Gasteiger partial charge in [-0.3, -0.25) is 0 Å². The maximum absolute atomic E-state index is 12.9. The molecule has 0 bridgehead atoms. The second-order valence-corrected chi connectivity index (χ2v) is 5.45. The Morgan fingerprint density at radius 2 is 1.67 bits per heavy atom. The highest BCUT2D eigenvalue weighted by atomic mass is 32.3. The molecule has 0 amide bonds. The Morgan fingerprint density at radius 1 is 1.06 bits per heavy atom. The fourth-order valence-electron chi connectivity index (χ4n) is 1.90. The second kappa shape index (κ2) is 5.67. The van der Waals surface area contributed by atoms with Gasteiger partial charge in [0.05, 0.1) is 6.10 Å². The second-order valence-electron chi connectivity index (χ2n) is 4.27. The number of alkyl halides is 1. The van der Waals surface area contributed by atoms with Crippen molar-refractivity contribution < 1.29 is 21.2 Å². The first-order valence-electron chi connectivity index (χ1n) is 5.87. The minimum Gasteiger partial charge on any atom is -0.362 e. The molecule has 100 valence electrons. The third kappa shape index (κ3) is 3.96. The molecule has 0 radical (unpaired) electrons. The molecule has 4 nitrogen and oxygen atoms in total. The molecular formula is C12H15FO4S. The summed E-state index contributed by atoms with van der Waals surface area (Å²) in [6, 6.07) is 8.14. The molecule has 0 unspecified atom stereocenters. The zero-order valence-corrected chi connectivity index (χ0v) is 10.6. The number of rotatable bonds is 4. The van der Waals surface area contributed by atoms with Crippen molar-refractivity contribution in [1.29, 1.82) is 0 Å². The summed E-state index contributed by atoms with van der Waals surface area (Å²) in [7, 11) is -4.07.